The van der Waals surface area contributed by atoms with Crippen molar-refractivity contribution < 1.29 is 4.74 Å². The standard InChI is InChI=1S/C22H19NOS/c1-24-20-14-12-19(13-15-20)23-21(17-8-4-2-5-9-17)16-22(25)18-10-6-3-7-11-18/h2-16,23H,1H3/b21-16+. The Bertz CT molecular complexity index is 856. The zero-order chi connectivity index (χ0) is 17.5. The van der Waals surface area contributed by atoms with Crippen LogP contribution in [0.2, 0.25) is 0 Å². The van der Waals surface area contributed by atoms with Crippen molar-refractivity contribution in [2.75, 3.05) is 12.4 Å². The Hall–Kier alpha value is -2.91. The number of ether oxygens (including phenoxy) is 1. The van der Waals surface area contributed by atoms with E-state index in [0.717, 1.165) is 33.1 Å². The number of hydrogen-bond acceptors (Lipinski definition) is 3. The molecule has 0 amide bonds. The number of methoxy groups -OCH3 is 1. The van der Waals surface area contributed by atoms with Crippen LogP contribution in [0.3, 0.4) is 0 Å². The van der Waals surface area contributed by atoms with Crippen LogP contribution in [0.5, 0.6) is 5.75 Å². The van der Waals surface area contributed by atoms with E-state index in [1.807, 2.05) is 78.9 Å². The maximum atomic E-state index is 5.62. The maximum Gasteiger partial charge on any atom is 0.119 e. The van der Waals surface area contributed by atoms with E-state index in [2.05, 4.69) is 17.4 Å². The van der Waals surface area contributed by atoms with Gasteiger partial charge in [-0.2, -0.15) is 0 Å². The Labute approximate surface area is 153 Å². The topological polar surface area (TPSA) is 21.3 Å². The summed E-state index contributed by atoms with van der Waals surface area (Å²) < 4.78 is 5.22. The fraction of sp³-hybridized carbons (Fsp3) is 0.0455. The summed E-state index contributed by atoms with van der Waals surface area (Å²) in [5.74, 6) is 0.829. The minimum absolute atomic E-state index is 0.792. The van der Waals surface area contributed by atoms with E-state index in [1.165, 1.54) is 0 Å². The summed E-state index contributed by atoms with van der Waals surface area (Å²) in [5.41, 5.74) is 4.05. The van der Waals surface area contributed by atoms with Gasteiger partial charge in [0.25, 0.3) is 0 Å². The van der Waals surface area contributed by atoms with Gasteiger partial charge in [0.2, 0.25) is 0 Å². The van der Waals surface area contributed by atoms with Crippen LogP contribution in [0.4, 0.5) is 5.69 Å². The van der Waals surface area contributed by atoms with E-state index in [9.17, 15) is 0 Å². The fourth-order valence-corrected chi connectivity index (χ4v) is 2.71. The summed E-state index contributed by atoms with van der Waals surface area (Å²) in [7, 11) is 1.66. The van der Waals surface area contributed by atoms with Gasteiger partial charge in [0.1, 0.15) is 5.75 Å². The van der Waals surface area contributed by atoms with Gasteiger partial charge >= 0.3 is 0 Å². The van der Waals surface area contributed by atoms with Crippen LogP contribution in [0.1, 0.15) is 11.1 Å². The van der Waals surface area contributed by atoms with Gasteiger partial charge in [0.15, 0.2) is 0 Å². The normalized spacial score (nSPS) is 11.0. The third kappa shape index (κ3) is 4.55. The maximum absolute atomic E-state index is 5.62. The minimum Gasteiger partial charge on any atom is -0.497 e. The van der Waals surface area contributed by atoms with Crippen molar-refractivity contribution >= 4 is 28.5 Å². The molecule has 0 saturated heterocycles. The van der Waals surface area contributed by atoms with E-state index in [0.29, 0.717) is 0 Å². The molecule has 2 nitrogen and oxygen atoms in total. The number of benzene rings is 3. The largest absolute Gasteiger partial charge is 0.497 e. The van der Waals surface area contributed by atoms with Gasteiger partial charge < -0.3 is 10.1 Å². The average Bonchev–Trinajstić information content (AvgIpc) is 2.69. The van der Waals surface area contributed by atoms with E-state index >= 15 is 0 Å². The van der Waals surface area contributed by atoms with Crippen LogP contribution in [0.25, 0.3) is 5.70 Å². The average molecular weight is 345 g/mol. The number of anilines is 1. The molecular formula is C22H19NOS. The predicted octanol–water partition coefficient (Wildman–Crippen LogP) is 5.57. The minimum atomic E-state index is 0.792. The van der Waals surface area contributed by atoms with Gasteiger partial charge in [-0.25, -0.2) is 0 Å². The molecule has 3 aromatic rings. The second-order valence-corrected chi connectivity index (χ2v) is 5.95. The van der Waals surface area contributed by atoms with Crippen molar-refractivity contribution in [2.24, 2.45) is 0 Å². The molecular weight excluding hydrogens is 326 g/mol. The molecule has 0 spiro atoms. The number of hydrogen-bond donors (Lipinski definition) is 1. The van der Waals surface area contributed by atoms with E-state index in [1.54, 1.807) is 7.11 Å². The smallest absolute Gasteiger partial charge is 0.119 e. The molecule has 0 fully saturated rings. The van der Waals surface area contributed by atoms with Gasteiger partial charge in [0, 0.05) is 16.2 Å². The van der Waals surface area contributed by atoms with Crippen molar-refractivity contribution in [1.29, 1.82) is 0 Å². The monoisotopic (exact) mass is 345 g/mol. The van der Waals surface area contributed by atoms with Crippen LogP contribution in [0.15, 0.2) is 91.0 Å². The summed E-state index contributed by atoms with van der Waals surface area (Å²) in [6.07, 6.45) is 2.00. The molecule has 25 heavy (non-hydrogen) atoms. The molecule has 0 aliphatic heterocycles. The van der Waals surface area contributed by atoms with Crippen molar-refractivity contribution in [3.05, 3.63) is 102 Å². The lowest BCUT2D eigenvalue weighted by Gasteiger charge is -2.13. The summed E-state index contributed by atoms with van der Waals surface area (Å²) >= 11 is 5.62. The summed E-state index contributed by atoms with van der Waals surface area (Å²) in [6.45, 7) is 0. The van der Waals surface area contributed by atoms with Crippen LogP contribution in [-0.4, -0.2) is 12.0 Å². The Morgan fingerprint density at radius 3 is 1.92 bits per heavy atom. The van der Waals surface area contributed by atoms with E-state index in [4.69, 9.17) is 17.0 Å². The molecule has 3 aromatic carbocycles. The van der Waals surface area contributed by atoms with Crippen molar-refractivity contribution in [2.45, 2.75) is 0 Å². The molecule has 0 heterocycles. The summed E-state index contributed by atoms with van der Waals surface area (Å²) in [5, 5.41) is 3.47. The highest BCUT2D eigenvalue weighted by molar-refractivity contribution is 7.81. The van der Waals surface area contributed by atoms with E-state index in [-0.39, 0.29) is 0 Å². The van der Waals surface area contributed by atoms with Crippen LogP contribution < -0.4 is 10.1 Å². The Balaban J connectivity index is 1.92. The van der Waals surface area contributed by atoms with Crippen molar-refractivity contribution in [3.63, 3.8) is 0 Å². The number of thiocarbonyl (C=S) groups is 1. The lowest BCUT2D eigenvalue weighted by Crippen LogP contribution is -2.03. The summed E-state index contributed by atoms with van der Waals surface area (Å²) in [6, 6.07) is 28.0. The zero-order valence-corrected chi connectivity index (χ0v) is 14.8. The highest BCUT2D eigenvalue weighted by Crippen LogP contribution is 2.22. The predicted molar refractivity (Wildman–Crippen MR) is 109 cm³/mol. The summed E-state index contributed by atoms with van der Waals surface area (Å²) in [4.78, 5) is 0.792. The molecule has 0 radical (unpaired) electrons. The molecule has 0 atom stereocenters. The second kappa shape index (κ2) is 8.27. The van der Waals surface area contributed by atoms with Gasteiger partial charge in [0.05, 0.1) is 7.11 Å². The molecule has 1 N–H and O–H groups in total. The first-order chi connectivity index (χ1) is 12.3. The third-order valence-corrected chi connectivity index (χ3v) is 4.14. The molecule has 0 aliphatic rings. The Kier molecular flexibility index (Phi) is 5.60. The molecule has 0 unspecified atom stereocenters. The number of rotatable bonds is 6. The Morgan fingerprint density at radius 1 is 0.800 bits per heavy atom. The van der Waals surface area contributed by atoms with Crippen molar-refractivity contribution in [3.8, 4) is 5.75 Å². The van der Waals surface area contributed by atoms with Gasteiger partial charge in [-0.1, -0.05) is 72.9 Å². The Morgan fingerprint density at radius 2 is 1.36 bits per heavy atom. The van der Waals surface area contributed by atoms with Crippen LogP contribution in [-0.2, 0) is 0 Å². The molecule has 3 heteroatoms. The molecule has 3 rings (SSSR count). The highest BCUT2D eigenvalue weighted by Gasteiger charge is 2.05. The zero-order valence-electron chi connectivity index (χ0n) is 14.0. The van der Waals surface area contributed by atoms with Gasteiger partial charge in [-0.05, 0) is 41.5 Å². The second-order valence-electron chi connectivity index (χ2n) is 5.51. The van der Waals surface area contributed by atoms with Gasteiger partial charge in [-0.3, -0.25) is 0 Å². The number of nitrogens with one attached hydrogen (secondary N) is 1. The first kappa shape index (κ1) is 16.9. The first-order valence-corrected chi connectivity index (χ1v) is 8.44. The van der Waals surface area contributed by atoms with Crippen LogP contribution >= 0.6 is 12.2 Å². The van der Waals surface area contributed by atoms with Crippen LogP contribution in [0, 0.1) is 0 Å². The highest BCUT2D eigenvalue weighted by atomic mass is 32.1. The molecule has 0 aromatic heterocycles. The SMILES string of the molecule is COc1ccc(N/C(=C/C(=S)c2ccccc2)c2ccccc2)cc1. The lowest BCUT2D eigenvalue weighted by molar-refractivity contribution is 0.415. The first-order valence-electron chi connectivity index (χ1n) is 8.04. The molecule has 124 valence electrons. The quantitative estimate of drug-likeness (QED) is 0.359. The molecule has 0 saturated carbocycles. The van der Waals surface area contributed by atoms with Gasteiger partial charge in [-0.15, -0.1) is 0 Å². The van der Waals surface area contributed by atoms with Crippen molar-refractivity contribution in [1.82, 2.24) is 0 Å². The van der Waals surface area contributed by atoms with E-state index < -0.39 is 0 Å². The third-order valence-electron chi connectivity index (χ3n) is 3.79. The molecule has 0 bridgehead atoms. The fourth-order valence-electron chi connectivity index (χ4n) is 2.46. The molecule has 0 aliphatic carbocycles. The number of allylic oxidation sites excluding steroid dienone is 1. The lowest BCUT2D eigenvalue weighted by atomic mass is 10.1.